The Balaban J connectivity index is 2.15. The molecule has 0 atom stereocenters. The third-order valence-corrected chi connectivity index (χ3v) is 6.93. The van der Waals surface area contributed by atoms with Crippen molar-refractivity contribution in [2.45, 2.75) is 0 Å². The van der Waals surface area contributed by atoms with E-state index in [1.54, 1.807) is 12.1 Å². The van der Waals surface area contributed by atoms with Crippen molar-refractivity contribution >= 4 is 29.0 Å². The second-order valence-electron chi connectivity index (χ2n) is 5.32. The van der Waals surface area contributed by atoms with Gasteiger partial charge in [-0.3, -0.25) is 4.79 Å². The molecule has 3 rings (SSSR count). The van der Waals surface area contributed by atoms with Gasteiger partial charge < -0.3 is 4.57 Å². The van der Waals surface area contributed by atoms with Gasteiger partial charge in [0, 0.05) is 26.4 Å². The molecule has 6 heteroatoms. The summed E-state index contributed by atoms with van der Waals surface area (Å²) >= 11 is 0. The Kier molecular flexibility index (Phi) is 4.80. The summed E-state index contributed by atoms with van der Waals surface area (Å²) in [4.78, 5) is 14.2. The number of rotatable bonds is 4. The van der Waals surface area contributed by atoms with Crippen LogP contribution in [0.25, 0.3) is 10.4 Å². The van der Waals surface area contributed by atoms with Crippen molar-refractivity contribution in [2.24, 2.45) is 5.11 Å². The molecule has 0 bridgehead atoms. The zero-order chi connectivity index (χ0) is 17.7. The maximum Gasteiger partial charge on any atom is 0.249 e. The lowest BCUT2D eigenvalue weighted by Gasteiger charge is -2.20. The minimum atomic E-state index is -3.06. The molecule has 0 aromatic heterocycles. The van der Waals surface area contributed by atoms with E-state index in [9.17, 15) is 9.36 Å². The van der Waals surface area contributed by atoms with Crippen LogP contribution in [-0.2, 0) is 4.57 Å². The first-order valence-electron chi connectivity index (χ1n) is 7.57. The third kappa shape index (κ3) is 3.24. The van der Waals surface area contributed by atoms with Gasteiger partial charge in [0.1, 0.15) is 0 Å². The lowest BCUT2D eigenvalue weighted by molar-refractivity contribution is 0.100. The van der Waals surface area contributed by atoms with Crippen molar-refractivity contribution in [2.75, 3.05) is 0 Å². The summed E-state index contributed by atoms with van der Waals surface area (Å²) in [6, 6.07) is 24.9. The molecular formula is C19H14N3O2P. The highest BCUT2D eigenvalue weighted by atomic mass is 31.2. The van der Waals surface area contributed by atoms with Crippen molar-refractivity contribution in [3.63, 3.8) is 0 Å². The highest BCUT2D eigenvalue weighted by molar-refractivity contribution is 7.85. The van der Waals surface area contributed by atoms with E-state index in [-0.39, 0.29) is 5.56 Å². The normalized spacial score (nSPS) is 10.7. The van der Waals surface area contributed by atoms with Gasteiger partial charge in [0.15, 0.2) is 7.14 Å². The predicted octanol–water partition coefficient (Wildman–Crippen LogP) is 3.78. The first kappa shape index (κ1) is 16.7. The molecule has 0 saturated carbocycles. The molecule has 0 aliphatic rings. The summed E-state index contributed by atoms with van der Waals surface area (Å²) in [5.74, 6) is -0.664. The van der Waals surface area contributed by atoms with Crippen molar-refractivity contribution in [3.05, 3.63) is 101 Å². The van der Waals surface area contributed by atoms with Gasteiger partial charge in [-0.1, -0.05) is 84.9 Å². The van der Waals surface area contributed by atoms with Crippen LogP contribution >= 0.6 is 7.14 Å². The minimum Gasteiger partial charge on any atom is -0.309 e. The molecule has 0 spiro atoms. The van der Waals surface area contributed by atoms with Crippen molar-refractivity contribution < 1.29 is 9.36 Å². The average molecular weight is 347 g/mol. The van der Waals surface area contributed by atoms with Crippen LogP contribution in [-0.4, -0.2) is 5.91 Å². The number of carbonyl (C=O) groups is 1. The van der Waals surface area contributed by atoms with Gasteiger partial charge in [0.2, 0.25) is 5.91 Å². The van der Waals surface area contributed by atoms with Crippen molar-refractivity contribution in [1.82, 2.24) is 0 Å². The van der Waals surface area contributed by atoms with Gasteiger partial charge >= 0.3 is 0 Å². The monoisotopic (exact) mass is 347 g/mol. The Morgan fingerprint density at radius 1 is 0.760 bits per heavy atom. The van der Waals surface area contributed by atoms with E-state index in [1.165, 1.54) is 12.1 Å². The summed E-state index contributed by atoms with van der Waals surface area (Å²) in [5, 5.41) is 5.12. The largest absolute Gasteiger partial charge is 0.309 e. The number of amides is 1. The summed E-state index contributed by atoms with van der Waals surface area (Å²) < 4.78 is 14.1. The Labute approximate surface area is 144 Å². The van der Waals surface area contributed by atoms with Crippen LogP contribution in [0.5, 0.6) is 0 Å². The molecular weight excluding hydrogens is 333 g/mol. The van der Waals surface area contributed by atoms with E-state index in [4.69, 9.17) is 5.53 Å². The third-order valence-electron chi connectivity index (χ3n) is 3.85. The van der Waals surface area contributed by atoms with E-state index >= 15 is 0 Å². The molecule has 0 unspecified atom stereocenters. The van der Waals surface area contributed by atoms with Gasteiger partial charge in [-0.2, -0.15) is 0 Å². The summed E-state index contributed by atoms with van der Waals surface area (Å²) in [7, 11) is -3.06. The van der Waals surface area contributed by atoms with Gasteiger partial charge in [-0.05, 0) is 10.6 Å². The Morgan fingerprint density at radius 2 is 1.20 bits per heavy atom. The van der Waals surface area contributed by atoms with E-state index in [0.717, 1.165) is 10.6 Å². The number of hydrogen-bond donors (Lipinski definition) is 0. The highest BCUT2D eigenvalue weighted by Crippen LogP contribution is 2.42. The molecule has 25 heavy (non-hydrogen) atoms. The Bertz CT molecular complexity index is 937. The Hall–Kier alpha value is -3.13. The molecule has 122 valence electrons. The van der Waals surface area contributed by atoms with Gasteiger partial charge in [-0.25, -0.2) is 0 Å². The molecule has 3 aromatic carbocycles. The maximum absolute atomic E-state index is 14.1. The first-order chi connectivity index (χ1) is 12.2. The van der Waals surface area contributed by atoms with Crippen LogP contribution in [0.1, 0.15) is 10.4 Å². The van der Waals surface area contributed by atoms with Crippen LogP contribution in [0.4, 0.5) is 0 Å². The Morgan fingerprint density at radius 3 is 1.64 bits per heavy atom. The zero-order valence-electron chi connectivity index (χ0n) is 13.2. The lowest BCUT2D eigenvalue weighted by atomic mass is 10.2. The maximum atomic E-state index is 14.1. The fourth-order valence-electron chi connectivity index (χ4n) is 2.64. The molecule has 0 fully saturated rings. The number of hydrogen-bond acceptors (Lipinski definition) is 2. The van der Waals surface area contributed by atoms with Gasteiger partial charge in [-0.15, -0.1) is 0 Å². The molecule has 0 N–H and O–H groups in total. The van der Waals surface area contributed by atoms with Crippen molar-refractivity contribution in [1.29, 1.82) is 0 Å². The summed E-state index contributed by atoms with van der Waals surface area (Å²) in [6.07, 6.45) is 0. The molecule has 3 aromatic rings. The van der Waals surface area contributed by atoms with Crippen molar-refractivity contribution in [3.8, 4) is 0 Å². The average Bonchev–Trinajstić information content (AvgIpc) is 2.69. The number of carbonyl (C=O) groups excluding carboxylic acids is 1. The number of nitrogens with zero attached hydrogens (tertiary/aromatic N) is 3. The molecule has 0 heterocycles. The standard InChI is InChI=1S/C19H14N3O2P/c20-22-21-19(23)15-11-13-18(14-12-15)25(24,16-7-3-1-4-8-16)17-9-5-2-6-10-17/h1-14H. The van der Waals surface area contributed by atoms with E-state index < -0.39 is 13.0 Å². The number of azide groups is 1. The molecule has 0 radical (unpaired) electrons. The first-order valence-corrected chi connectivity index (χ1v) is 9.28. The molecule has 5 nitrogen and oxygen atoms in total. The SMILES string of the molecule is [N-]=[N+]=NC(=O)c1ccc(P(=O)(c2ccccc2)c2ccccc2)cc1. The van der Waals surface area contributed by atoms with E-state index in [0.29, 0.717) is 5.30 Å². The van der Waals surface area contributed by atoms with Crippen LogP contribution in [0.3, 0.4) is 0 Å². The van der Waals surface area contributed by atoms with Gasteiger partial charge in [0.05, 0.1) is 0 Å². The topological polar surface area (TPSA) is 82.9 Å². The van der Waals surface area contributed by atoms with Crippen LogP contribution in [0.15, 0.2) is 90.0 Å². The van der Waals surface area contributed by atoms with Gasteiger partial charge in [0.25, 0.3) is 0 Å². The fourth-order valence-corrected chi connectivity index (χ4v) is 5.28. The summed E-state index contributed by atoms with van der Waals surface area (Å²) in [5.41, 5.74) is 8.63. The van der Waals surface area contributed by atoms with E-state index in [2.05, 4.69) is 10.0 Å². The second kappa shape index (κ2) is 7.18. The quantitative estimate of drug-likeness (QED) is 0.311. The predicted molar refractivity (Wildman–Crippen MR) is 99.3 cm³/mol. The molecule has 1 amide bonds. The second-order valence-corrected chi connectivity index (χ2v) is 8.09. The molecule has 0 aliphatic heterocycles. The molecule has 0 aliphatic carbocycles. The fraction of sp³-hybridized carbons (Fsp3) is 0. The number of benzene rings is 3. The zero-order valence-corrected chi connectivity index (χ0v) is 14.1. The van der Waals surface area contributed by atoms with Crippen LogP contribution in [0.2, 0.25) is 0 Å². The van der Waals surface area contributed by atoms with Crippen LogP contribution in [0, 0.1) is 0 Å². The van der Waals surface area contributed by atoms with Crippen LogP contribution < -0.4 is 15.9 Å². The minimum absolute atomic E-state index is 0.259. The molecule has 0 saturated heterocycles. The smallest absolute Gasteiger partial charge is 0.249 e. The lowest BCUT2D eigenvalue weighted by Crippen LogP contribution is -2.25. The summed E-state index contributed by atoms with van der Waals surface area (Å²) in [6.45, 7) is 0. The van der Waals surface area contributed by atoms with E-state index in [1.807, 2.05) is 60.7 Å². The highest BCUT2D eigenvalue weighted by Gasteiger charge is 2.29.